The van der Waals surface area contributed by atoms with Crippen molar-refractivity contribution in [1.29, 1.82) is 0 Å². The number of benzene rings is 1. The molecule has 1 aromatic heterocycles. The van der Waals surface area contributed by atoms with Crippen molar-refractivity contribution in [1.82, 2.24) is 10.1 Å². The van der Waals surface area contributed by atoms with E-state index in [0.29, 0.717) is 17.6 Å². The molecule has 5 nitrogen and oxygen atoms in total. The molecule has 20 heavy (non-hydrogen) atoms. The van der Waals surface area contributed by atoms with Crippen LogP contribution in [0.2, 0.25) is 0 Å². The largest absolute Gasteiger partial charge is 0.482 e. The summed E-state index contributed by atoms with van der Waals surface area (Å²) in [5.74, 6) is 1.20. The van der Waals surface area contributed by atoms with Crippen LogP contribution in [0.25, 0.3) is 0 Å². The Morgan fingerprint density at radius 3 is 2.95 bits per heavy atom. The van der Waals surface area contributed by atoms with Gasteiger partial charge in [-0.2, -0.15) is 4.98 Å². The molecule has 1 fully saturated rings. The topological polar surface area (TPSA) is 74.2 Å². The van der Waals surface area contributed by atoms with Crippen LogP contribution in [0, 0.1) is 5.82 Å². The maximum absolute atomic E-state index is 13.8. The molecule has 0 saturated heterocycles. The minimum absolute atomic E-state index is 0.0880. The lowest BCUT2D eigenvalue weighted by molar-refractivity contribution is 0.272. The van der Waals surface area contributed by atoms with Gasteiger partial charge in [0.25, 0.3) is 0 Å². The van der Waals surface area contributed by atoms with Gasteiger partial charge in [-0.25, -0.2) is 4.39 Å². The zero-order valence-corrected chi connectivity index (χ0v) is 11.2. The number of nitrogens with two attached hydrogens (primary N) is 1. The van der Waals surface area contributed by atoms with Gasteiger partial charge >= 0.3 is 0 Å². The second-order valence-corrected chi connectivity index (χ2v) is 5.09. The molecule has 2 aromatic rings. The van der Waals surface area contributed by atoms with Gasteiger partial charge in [-0.3, -0.25) is 0 Å². The average Bonchev–Trinajstić information content (AvgIpc) is 3.17. The number of ether oxygens (including phenoxy) is 1. The fourth-order valence-electron chi connectivity index (χ4n) is 1.88. The quantitative estimate of drug-likeness (QED) is 0.909. The first-order valence-electron chi connectivity index (χ1n) is 6.64. The molecule has 1 aliphatic carbocycles. The number of aromatic nitrogens is 2. The molecule has 1 atom stereocenters. The van der Waals surface area contributed by atoms with Gasteiger partial charge in [0.15, 0.2) is 18.2 Å². The minimum atomic E-state index is -0.439. The number of hydrogen-bond donors (Lipinski definition) is 1. The molecule has 0 bridgehead atoms. The van der Waals surface area contributed by atoms with Gasteiger partial charge in [0.2, 0.25) is 11.7 Å². The summed E-state index contributed by atoms with van der Waals surface area (Å²) in [6, 6.07) is 4.48. The van der Waals surface area contributed by atoms with Crippen molar-refractivity contribution in [3.8, 4) is 5.75 Å². The summed E-state index contributed by atoms with van der Waals surface area (Å²) >= 11 is 0. The fraction of sp³-hybridized carbons (Fsp3) is 0.429. The Kier molecular flexibility index (Phi) is 3.40. The van der Waals surface area contributed by atoms with E-state index in [4.69, 9.17) is 15.0 Å². The highest BCUT2D eigenvalue weighted by Crippen LogP contribution is 2.38. The summed E-state index contributed by atoms with van der Waals surface area (Å²) in [6.07, 6.45) is 2.19. The third-order valence-electron chi connectivity index (χ3n) is 3.25. The Balaban J connectivity index is 1.65. The van der Waals surface area contributed by atoms with E-state index in [9.17, 15) is 4.39 Å². The molecule has 0 amide bonds. The van der Waals surface area contributed by atoms with Crippen molar-refractivity contribution >= 4 is 0 Å². The highest BCUT2D eigenvalue weighted by molar-refractivity contribution is 5.30. The SMILES string of the molecule is CC(N)c1ccc(OCc2noc(C3CC3)n2)c(F)c1. The van der Waals surface area contributed by atoms with E-state index in [2.05, 4.69) is 10.1 Å². The second kappa shape index (κ2) is 5.20. The molecule has 1 aromatic carbocycles. The molecule has 1 unspecified atom stereocenters. The predicted molar refractivity (Wildman–Crippen MR) is 69.6 cm³/mol. The molecule has 1 aliphatic rings. The van der Waals surface area contributed by atoms with Gasteiger partial charge in [0.1, 0.15) is 0 Å². The van der Waals surface area contributed by atoms with Gasteiger partial charge < -0.3 is 15.0 Å². The zero-order valence-electron chi connectivity index (χ0n) is 11.2. The van der Waals surface area contributed by atoms with Crippen molar-refractivity contribution in [2.75, 3.05) is 0 Å². The lowest BCUT2D eigenvalue weighted by Gasteiger charge is -2.09. The van der Waals surface area contributed by atoms with Gasteiger partial charge in [-0.15, -0.1) is 0 Å². The number of hydrogen-bond acceptors (Lipinski definition) is 5. The van der Waals surface area contributed by atoms with Crippen LogP contribution >= 0.6 is 0 Å². The fourth-order valence-corrected chi connectivity index (χ4v) is 1.88. The van der Waals surface area contributed by atoms with E-state index in [1.807, 2.05) is 0 Å². The van der Waals surface area contributed by atoms with Crippen molar-refractivity contribution < 1.29 is 13.7 Å². The molecule has 106 valence electrons. The second-order valence-electron chi connectivity index (χ2n) is 5.09. The third kappa shape index (κ3) is 2.80. The Morgan fingerprint density at radius 2 is 2.30 bits per heavy atom. The van der Waals surface area contributed by atoms with Crippen LogP contribution in [0.5, 0.6) is 5.75 Å². The molecule has 3 rings (SSSR count). The Morgan fingerprint density at radius 1 is 1.50 bits per heavy atom. The zero-order chi connectivity index (χ0) is 14.1. The van der Waals surface area contributed by atoms with Crippen LogP contribution in [-0.4, -0.2) is 10.1 Å². The first kappa shape index (κ1) is 13.1. The maximum Gasteiger partial charge on any atom is 0.229 e. The number of halogens is 1. The standard InChI is InChI=1S/C14H16FN3O2/c1-8(16)10-4-5-12(11(15)6-10)19-7-13-17-14(20-18-13)9-2-3-9/h4-6,8-9H,2-3,7,16H2,1H3. The predicted octanol–water partition coefficient (Wildman–Crippen LogP) is 2.68. The normalized spacial score (nSPS) is 16.1. The summed E-state index contributed by atoms with van der Waals surface area (Å²) in [5, 5.41) is 3.81. The molecule has 0 radical (unpaired) electrons. The Labute approximate surface area is 115 Å². The number of rotatable bonds is 5. The lowest BCUT2D eigenvalue weighted by atomic mass is 10.1. The van der Waals surface area contributed by atoms with Crippen molar-refractivity contribution in [3.05, 3.63) is 41.3 Å². The van der Waals surface area contributed by atoms with E-state index >= 15 is 0 Å². The maximum atomic E-state index is 13.8. The molecule has 0 aliphatic heterocycles. The lowest BCUT2D eigenvalue weighted by Crippen LogP contribution is -2.06. The Hall–Kier alpha value is -1.95. The monoisotopic (exact) mass is 277 g/mol. The summed E-state index contributed by atoms with van der Waals surface area (Å²) in [7, 11) is 0. The minimum Gasteiger partial charge on any atom is -0.482 e. The molecule has 1 saturated carbocycles. The number of nitrogens with zero attached hydrogens (tertiary/aromatic N) is 2. The molecule has 0 spiro atoms. The third-order valence-corrected chi connectivity index (χ3v) is 3.25. The van der Waals surface area contributed by atoms with Crippen LogP contribution in [0.4, 0.5) is 4.39 Å². The van der Waals surface area contributed by atoms with Crippen LogP contribution in [0.15, 0.2) is 22.7 Å². The molecule has 6 heteroatoms. The average molecular weight is 277 g/mol. The molecule has 2 N–H and O–H groups in total. The highest BCUT2D eigenvalue weighted by Gasteiger charge is 2.29. The van der Waals surface area contributed by atoms with E-state index in [1.54, 1.807) is 19.1 Å². The van der Waals surface area contributed by atoms with Gasteiger partial charge in [0, 0.05) is 12.0 Å². The van der Waals surface area contributed by atoms with E-state index < -0.39 is 5.82 Å². The van der Waals surface area contributed by atoms with Crippen molar-refractivity contribution in [2.24, 2.45) is 5.73 Å². The molecular formula is C14H16FN3O2. The van der Waals surface area contributed by atoms with Crippen LogP contribution in [0.3, 0.4) is 0 Å². The smallest absolute Gasteiger partial charge is 0.229 e. The Bertz CT molecular complexity index is 608. The first-order chi connectivity index (χ1) is 9.63. The van der Waals surface area contributed by atoms with Crippen LogP contribution in [-0.2, 0) is 6.61 Å². The van der Waals surface area contributed by atoms with Gasteiger partial charge in [-0.1, -0.05) is 11.2 Å². The summed E-state index contributed by atoms with van der Waals surface area (Å²) < 4.78 is 24.3. The van der Waals surface area contributed by atoms with E-state index in [0.717, 1.165) is 18.4 Å². The molecule has 1 heterocycles. The summed E-state index contributed by atoms with van der Waals surface area (Å²) in [6.45, 7) is 1.89. The first-order valence-corrected chi connectivity index (χ1v) is 6.64. The van der Waals surface area contributed by atoms with Gasteiger partial charge in [0.05, 0.1) is 0 Å². The van der Waals surface area contributed by atoms with Crippen LogP contribution in [0.1, 0.15) is 49.0 Å². The van der Waals surface area contributed by atoms with Crippen molar-refractivity contribution in [2.45, 2.75) is 38.3 Å². The van der Waals surface area contributed by atoms with Gasteiger partial charge in [-0.05, 0) is 37.5 Å². The van der Waals surface area contributed by atoms with E-state index in [1.165, 1.54) is 6.07 Å². The summed E-state index contributed by atoms with van der Waals surface area (Å²) in [5.41, 5.74) is 6.42. The van der Waals surface area contributed by atoms with Crippen molar-refractivity contribution in [3.63, 3.8) is 0 Å². The van der Waals surface area contributed by atoms with Crippen LogP contribution < -0.4 is 10.5 Å². The highest BCUT2D eigenvalue weighted by atomic mass is 19.1. The summed E-state index contributed by atoms with van der Waals surface area (Å²) in [4.78, 5) is 4.22. The van der Waals surface area contributed by atoms with E-state index in [-0.39, 0.29) is 18.4 Å². The molecular weight excluding hydrogens is 261 g/mol.